The van der Waals surface area contributed by atoms with Gasteiger partial charge in [0.25, 0.3) is 0 Å². The van der Waals surface area contributed by atoms with E-state index in [1.807, 2.05) is 6.92 Å². The lowest BCUT2D eigenvalue weighted by atomic mass is 10.1. The maximum atomic E-state index is 11.0. The fourth-order valence-corrected chi connectivity index (χ4v) is 1.60. The van der Waals surface area contributed by atoms with Crippen LogP contribution in [0.2, 0.25) is 0 Å². The van der Waals surface area contributed by atoms with Crippen molar-refractivity contribution in [1.82, 2.24) is 0 Å². The third kappa shape index (κ3) is 11.6. The molecule has 0 N–H and O–H groups in total. The van der Waals surface area contributed by atoms with E-state index in [4.69, 9.17) is 11.6 Å². The highest BCUT2D eigenvalue weighted by Gasteiger charge is 1.98. The molecule has 0 aliphatic heterocycles. The van der Waals surface area contributed by atoms with Crippen LogP contribution in [0.1, 0.15) is 64.7 Å². The summed E-state index contributed by atoms with van der Waals surface area (Å²) < 4.78 is 0. The average molecular weight is 233 g/mol. The van der Waals surface area contributed by atoms with E-state index in [2.05, 4.69) is 0 Å². The SMILES string of the molecule is CCC(=O)CCCCCCCCC(=O)Cl. The van der Waals surface area contributed by atoms with Gasteiger partial charge in [-0.25, -0.2) is 0 Å². The van der Waals surface area contributed by atoms with Gasteiger partial charge in [0, 0.05) is 19.3 Å². The molecule has 0 aromatic rings. The maximum Gasteiger partial charge on any atom is 0.221 e. The number of unbranched alkanes of at least 4 members (excludes halogenated alkanes) is 5. The first-order valence-corrected chi connectivity index (χ1v) is 6.24. The first-order valence-electron chi connectivity index (χ1n) is 5.86. The van der Waals surface area contributed by atoms with Crippen LogP contribution in [0, 0.1) is 0 Å². The molecule has 0 aliphatic carbocycles. The molecule has 2 nitrogen and oxygen atoms in total. The molecule has 0 radical (unpaired) electrons. The molecule has 0 saturated heterocycles. The second-order valence-electron chi connectivity index (χ2n) is 3.87. The highest BCUT2D eigenvalue weighted by Crippen LogP contribution is 2.09. The van der Waals surface area contributed by atoms with Crippen molar-refractivity contribution in [3.63, 3.8) is 0 Å². The molecule has 0 bridgehead atoms. The van der Waals surface area contributed by atoms with E-state index in [1.54, 1.807) is 0 Å². The summed E-state index contributed by atoms with van der Waals surface area (Å²) in [5.74, 6) is 0.364. The molecule has 0 fully saturated rings. The van der Waals surface area contributed by atoms with E-state index in [0.717, 1.165) is 44.9 Å². The van der Waals surface area contributed by atoms with E-state index in [1.165, 1.54) is 0 Å². The number of hydrogen-bond donors (Lipinski definition) is 0. The van der Waals surface area contributed by atoms with Crippen molar-refractivity contribution >= 4 is 22.6 Å². The number of Topliss-reactive ketones (excluding diaryl/α,β-unsaturated/α-hetero) is 1. The molecule has 0 heterocycles. The van der Waals surface area contributed by atoms with Crippen LogP contribution in [0.25, 0.3) is 0 Å². The van der Waals surface area contributed by atoms with Crippen LogP contribution in [0.5, 0.6) is 0 Å². The van der Waals surface area contributed by atoms with E-state index in [9.17, 15) is 9.59 Å². The molecule has 0 aromatic heterocycles. The number of carbonyl (C=O) groups is 2. The first kappa shape index (κ1) is 14.6. The summed E-state index contributed by atoms with van der Waals surface area (Å²) in [6.07, 6.45) is 8.31. The second kappa shape index (κ2) is 10.2. The zero-order valence-corrected chi connectivity index (χ0v) is 10.3. The predicted octanol–water partition coefficient (Wildman–Crippen LogP) is 3.85. The summed E-state index contributed by atoms with van der Waals surface area (Å²) >= 11 is 5.21. The van der Waals surface area contributed by atoms with Gasteiger partial charge in [-0.15, -0.1) is 0 Å². The van der Waals surface area contributed by atoms with Gasteiger partial charge in [-0.05, 0) is 24.4 Å². The first-order chi connectivity index (χ1) is 7.16. The van der Waals surface area contributed by atoms with Crippen LogP contribution < -0.4 is 0 Å². The van der Waals surface area contributed by atoms with E-state index < -0.39 is 0 Å². The summed E-state index contributed by atoms with van der Waals surface area (Å²) in [7, 11) is 0. The molecule has 3 heteroatoms. The van der Waals surface area contributed by atoms with E-state index in [0.29, 0.717) is 18.6 Å². The van der Waals surface area contributed by atoms with Gasteiger partial charge in [-0.1, -0.05) is 32.6 Å². The fraction of sp³-hybridized carbons (Fsp3) is 0.833. The Labute approximate surface area is 97.4 Å². The van der Waals surface area contributed by atoms with Crippen molar-refractivity contribution in [3.05, 3.63) is 0 Å². The molecule has 15 heavy (non-hydrogen) atoms. The summed E-state index contributed by atoms with van der Waals surface area (Å²) in [5.41, 5.74) is 0. The molecule has 0 aliphatic rings. The molecular weight excluding hydrogens is 212 g/mol. The van der Waals surface area contributed by atoms with Gasteiger partial charge < -0.3 is 0 Å². The van der Waals surface area contributed by atoms with Crippen LogP contribution in [-0.4, -0.2) is 11.0 Å². The van der Waals surface area contributed by atoms with Crippen molar-refractivity contribution < 1.29 is 9.59 Å². The van der Waals surface area contributed by atoms with Crippen molar-refractivity contribution in [3.8, 4) is 0 Å². The smallest absolute Gasteiger partial charge is 0.221 e. The second-order valence-corrected chi connectivity index (χ2v) is 4.29. The minimum absolute atomic E-state index is 0.233. The summed E-state index contributed by atoms with van der Waals surface area (Å²) in [6.45, 7) is 1.91. The number of halogens is 1. The van der Waals surface area contributed by atoms with Gasteiger partial charge in [0.15, 0.2) is 0 Å². The van der Waals surface area contributed by atoms with Crippen LogP contribution in [0.15, 0.2) is 0 Å². The molecule has 0 saturated carbocycles. The lowest BCUT2D eigenvalue weighted by Gasteiger charge is -2.00. The Morgan fingerprint density at radius 1 is 0.867 bits per heavy atom. The Balaban J connectivity index is 3.05. The molecule has 0 amide bonds. The van der Waals surface area contributed by atoms with Crippen molar-refractivity contribution in [2.45, 2.75) is 64.7 Å². The number of rotatable bonds is 10. The zero-order chi connectivity index (χ0) is 11.5. The quantitative estimate of drug-likeness (QED) is 0.424. The van der Waals surface area contributed by atoms with Gasteiger partial charge in [0.1, 0.15) is 5.78 Å². The highest BCUT2D eigenvalue weighted by molar-refractivity contribution is 6.63. The van der Waals surface area contributed by atoms with E-state index in [-0.39, 0.29) is 5.24 Å². The molecule has 0 aromatic carbocycles. The predicted molar refractivity (Wildman–Crippen MR) is 63.1 cm³/mol. The van der Waals surface area contributed by atoms with E-state index >= 15 is 0 Å². The fourth-order valence-electron chi connectivity index (χ4n) is 1.47. The van der Waals surface area contributed by atoms with Crippen LogP contribution >= 0.6 is 11.6 Å². The molecule has 0 rings (SSSR count). The zero-order valence-electron chi connectivity index (χ0n) is 9.56. The number of ketones is 1. The number of hydrogen-bond acceptors (Lipinski definition) is 2. The lowest BCUT2D eigenvalue weighted by Crippen LogP contribution is -1.94. The lowest BCUT2D eigenvalue weighted by molar-refractivity contribution is -0.118. The largest absolute Gasteiger partial charge is 0.300 e. The summed E-state index contributed by atoms with van der Waals surface area (Å²) in [6, 6.07) is 0. The topological polar surface area (TPSA) is 34.1 Å². The van der Waals surface area contributed by atoms with Crippen molar-refractivity contribution in [1.29, 1.82) is 0 Å². The average Bonchev–Trinajstić information content (AvgIpc) is 2.21. The van der Waals surface area contributed by atoms with Crippen molar-refractivity contribution in [2.24, 2.45) is 0 Å². The van der Waals surface area contributed by atoms with Gasteiger partial charge in [0.05, 0.1) is 0 Å². The van der Waals surface area contributed by atoms with Gasteiger partial charge in [-0.3, -0.25) is 9.59 Å². The summed E-state index contributed by atoms with van der Waals surface area (Å²) in [5, 5.41) is -0.233. The highest BCUT2D eigenvalue weighted by atomic mass is 35.5. The monoisotopic (exact) mass is 232 g/mol. The minimum Gasteiger partial charge on any atom is -0.300 e. The minimum atomic E-state index is -0.233. The Morgan fingerprint density at radius 3 is 1.80 bits per heavy atom. The third-order valence-electron chi connectivity index (χ3n) is 2.47. The third-order valence-corrected chi connectivity index (χ3v) is 2.66. The van der Waals surface area contributed by atoms with Crippen LogP contribution in [-0.2, 0) is 9.59 Å². The summed E-state index contributed by atoms with van der Waals surface area (Å²) in [4.78, 5) is 21.4. The standard InChI is InChI=1S/C12H21ClO2/c1-2-11(14)9-7-5-3-4-6-8-10-12(13)15/h2-10H2,1H3. The maximum absolute atomic E-state index is 11.0. The Kier molecular flexibility index (Phi) is 9.91. The molecule has 0 spiro atoms. The molecule has 0 atom stereocenters. The molecular formula is C12H21ClO2. The van der Waals surface area contributed by atoms with Gasteiger partial charge in [0.2, 0.25) is 5.24 Å². The molecule has 88 valence electrons. The van der Waals surface area contributed by atoms with Crippen molar-refractivity contribution in [2.75, 3.05) is 0 Å². The van der Waals surface area contributed by atoms with Crippen LogP contribution in [0.3, 0.4) is 0 Å². The Bertz CT molecular complexity index is 190. The van der Waals surface area contributed by atoms with Crippen LogP contribution in [0.4, 0.5) is 0 Å². The Morgan fingerprint density at radius 2 is 1.33 bits per heavy atom. The number of carbonyl (C=O) groups excluding carboxylic acids is 2. The Hall–Kier alpha value is -0.370. The van der Waals surface area contributed by atoms with Gasteiger partial charge in [-0.2, -0.15) is 0 Å². The van der Waals surface area contributed by atoms with Gasteiger partial charge >= 0.3 is 0 Å². The normalized spacial score (nSPS) is 10.3. The molecule has 0 unspecified atom stereocenters.